The van der Waals surface area contributed by atoms with Crippen LogP contribution in [0.2, 0.25) is 5.02 Å². The van der Waals surface area contributed by atoms with E-state index in [2.05, 4.69) is 26.6 Å². The van der Waals surface area contributed by atoms with E-state index >= 15 is 0 Å². The summed E-state index contributed by atoms with van der Waals surface area (Å²) in [6, 6.07) is 14.1. The molecule has 2 aromatic heterocycles. The summed E-state index contributed by atoms with van der Waals surface area (Å²) in [5.41, 5.74) is 1.67. The summed E-state index contributed by atoms with van der Waals surface area (Å²) in [4.78, 5) is 14.6. The largest absolute Gasteiger partial charge is 0.508 e. The van der Waals surface area contributed by atoms with Crippen molar-refractivity contribution in [2.24, 2.45) is 0 Å². The normalized spacial score (nSPS) is 15.6. The Labute approximate surface area is 206 Å². The van der Waals surface area contributed by atoms with Crippen molar-refractivity contribution in [3.63, 3.8) is 0 Å². The summed E-state index contributed by atoms with van der Waals surface area (Å²) >= 11 is 7.66. The number of rotatable bonds is 6. The number of aromatic nitrogens is 3. The van der Waals surface area contributed by atoms with Gasteiger partial charge in [-0.2, -0.15) is 0 Å². The second-order valence-corrected chi connectivity index (χ2v) is 9.86. The van der Waals surface area contributed by atoms with Crippen molar-refractivity contribution in [3.05, 3.63) is 75.4 Å². The van der Waals surface area contributed by atoms with Crippen LogP contribution in [0.1, 0.15) is 43.6 Å². The van der Waals surface area contributed by atoms with Crippen molar-refractivity contribution in [2.45, 2.75) is 43.1 Å². The molecule has 5 rings (SSSR count). The van der Waals surface area contributed by atoms with Gasteiger partial charge in [0.05, 0.1) is 6.04 Å². The Bertz CT molecular complexity index is 1360. The molecule has 0 bridgehead atoms. The molecule has 1 atom stereocenters. The highest BCUT2D eigenvalue weighted by Gasteiger charge is 2.25. The molecule has 2 aromatic carbocycles. The average molecular weight is 497 g/mol. The molecule has 1 fully saturated rings. The van der Waals surface area contributed by atoms with Crippen molar-refractivity contribution in [2.75, 3.05) is 13.1 Å². The number of nitrogens with zero attached hydrogens (tertiary/aromatic N) is 4. The first-order valence-electron chi connectivity index (χ1n) is 11.3. The molecule has 1 saturated heterocycles. The fraction of sp³-hybridized carbons (Fsp3) is 0.320. The van der Waals surface area contributed by atoms with E-state index in [4.69, 9.17) is 16.0 Å². The van der Waals surface area contributed by atoms with Gasteiger partial charge in [-0.3, -0.25) is 9.47 Å². The minimum absolute atomic E-state index is 0.0549. The predicted molar refractivity (Wildman–Crippen MR) is 134 cm³/mol. The molecule has 1 aliphatic rings. The Morgan fingerprint density at radius 3 is 2.62 bits per heavy atom. The van der Waals surface area contributed by atoms with Gasteiger partial charge in [-0.25, -0.2) is 4.79 Å². The third kappa shape index (κ3) is 4.71. The first-order valence-corrected chi connectivity index (χ1v) is 12.7. The van der Waals surface area contributed by atoms with Crippen molar-refractivity contribution >= 4 is 34.3 Å². The van der Waals surface area contributed by atoms with Crippen LogP contribution in [-0.2, 0) is 5.75 Å². The molecule has 0 spiro atoms. The first kappa shape index (κ1) is 23.0. The quantitative estimate of drug-likeness (QED) is 0.276. The molecule has 3 heterocycles. The number of fused-ring (bicyclic) bond motifs is 1. The van der Waals surface area contributed by atoms with E-state index < -0.39 is 5.63 Å². The number of phenolic OH excluding ortho intramolecular Hbond substituents is 1. The van der Waals surface area contributed by atoms with Gasteiger partial charge in [-0.1, -0.05) is 29.8 Å². The molecule has 1 unspecified atom stereocenters. The molecule has 0 radical (unpaired) electrons. The van der Waals surface area contributed by atoms with Gasteiger partial charge in [0.15, 0.2) is 11.0 Å². The number of hydrogen-bond donors (Lipinski definition) is 1. The van der Waals surface area contributed by atoms with Gasteiger partial charge >= 0.3 is 5.63 Å². The lowest BCUT2D eigenvalue weighted by Gasteiger charge is -2.31. The lowest BCUT2D eigenvalue weighted by atomic mass is 10.1. The second-order valence-electron chi connectivity index (χ2n) is 8.49. The topological polar surface area (TPSA) is 84.4 Å². The third-order valence-electron chi connectivity index (χ3n) is 6.23. The van der Waals surface area contributed by atoms with Crippen LogP contribution in [0.4, 0.5) is 0 Å². The molecular weight excluding hydrogens is 472 g/mol. The summed E-state index contributed by atoms with van der Waals surface area (Å²) in [5, 5.41) is 21.1. The maximum atomic E-state index is 12.1. The zero-order valence-electron chi connectivity index (χ0n) is 18.8. The van der Waals surface area contributed by atoms with E-state index in [9.17, 15) is 9.90 Å². The lowest BCUT2D eigenvalue weighted by Crippen LogP contribution is -2.33. The number of likely N-dealkylation sites (tertiary alicyclic amines) is 1. The minimum Gasteiger partial charge on any atom is -0.508 e. The third-order valence-corrected chi connectivity index (χ3v) is 7.46. The highest BCUT2D eigenvalue weighted by atomic mass is 35.5. The Hall–Kier alpha value is -2.81. The summed E-state index contributed by atoms with van der Waals surface area (Å²) in [7, 11) is 0. The van der Waals surface area contributed by atoms with Crippen molar-refractivity contribution in [3.8, 4) is 11.4 Å². The molecule has 176 valence electrons. The fourth-order valence-electron chi connectivity index (χ4n) is 4.43. The number of piperidine rings is 1. The van der Waals surface area contributed by atoms with Crippen molar-refractivity contribution < 1.29 is 9.52 Å². The number of thioether (sulfide) groups is 1. The summed E-state index contributed by atoms with van der Waals surface area (Å²) in [6.45, 7) is 4.28. The number of benzene rings is 2. The van der Waals surface area contributed by atoms with E-state index in [0.29, 0.717) is 16.4 Å². The predicted octanol–water partition coefficient (Wildman–Crippen LogP) is 5.57. The van der Waals surface area contributed by atoms with Crippen molar-refractivity contribution in [1.82, 2.24) is 19.7 Å². The lowest BCUT2D eigenvalue weighted by molar-refractivity contribution is 0.167. The van der Waals surface area contributed by atoms with Crippen LogP contribution in [0.3, 0.4) is 0 Å². The Morgan fingerprint density at radius 2 is 1.85 bits per heavy atom. The first-order chi connectivity index (χ1) is 16.5. The number of hydrogen-bond acceptors (Lipinski definition) is 7. The van der Waals surface area contributed by atoms with Crippen LogP contribution < -0.4 is 5.63 Å². The van der Waals surface area contributed by atoms with Crippen molar-refractivity contribution in [1.29, 1.82) is 0 Å². The molecule has 0 saturated carbocycles. The van der Waals surface area contributed by atoms with Gasteiger partial charge in [0.2, 0.25) is 0 Å². The molecule has 1 aliphatic heterocycles. The van der Waals surface area contributed by atoms with E-state index in [-0.39, 0.29) is 11.8 Å². The zero-order chi connectivity index (χ0) is 23.7. The fourth-order valence-corrected chi connectivity index (χ4v) is 5.50. The monoisotopic (exact) mass is 496 g/mol. The zero-order valence-corrected chi connectivity index (χ0v) is 20.3. The van der Waals surface area contributed by atoms with E-state index in [1.165, 1.54) is 43.2 Å². The van der Waals surface area contributed by atoms with Gasteiger partial charge in [0, 0.05) is 34.0 Å². The van der Waals surface area contributed by atoms with Crippen LogP contribution in [-0.4, -0.2) is 37.9 Å². The Balaban J connectivity index is 1.50. The number of aromatic hydroxyl groups is 1. The van der Waals surface area contributed by atoms with Crippen LogP contribution in [0.5, 0.6) is 5.75 Å². The highest BCUT2D eigenvalue weighted by molar-refractivity contribution is 7.98. The van der Waals surface area contributed by atoms with E-state index in [1.807, 2.05) is 24.3 Å². The minimum atomic E-state index is -0.452. The molecule has 4 aromatic rings. The van der Waals surface area contributed by atoms with Crippen LogP contribution in [0.25, 0.3) is 16.7 Å². The van der Waals surface area contributed by atoms with Gasteiger partial charge in [-0.15, -0.1) is 10.2 Å². The molecule has 7 nitrogen and oxygen atoms in total. The standard InChI is InChI=1S/C25H25ClN4O3S/c1-16(29-11-3-2-4-12-29)24-27-28-25(30(24)19-7-5-18(26)6-8-19)34-15-17-13-23(32)33-22-14-20(31)9-10-21(17)22/h5-10,13-14,16,31H,2-4,11-12,15H2,1H3. The maximum absolute atomic E-state index is 12.1. The van der Waals surface area contributed by atoms with Gasteiger partial charge < -0.3 is 9.52 Å². The maximum Gasteiger partial charge on any atom is 0.336 e. The molecule has 0 aliphatic carbocycles. The Morgan fingerprint density at radius 1 is 1.09 bits per heavy atom. The van der Waals surface area contributed by atoms with Gasteiger partial charge in [-0.05, 0) is 74.8 Å². The summed E-state index contributed by atoms with van der Waals surface area (Å²) in [5.74, 6) is 1.44. The number of halogens is 1. The van der Waals surface area contributed by atoms with Crippen LogP contribution in [0, 0.1) is 0 Å². The molecule has 34 heavy (non-hydrogen) atoms. The highest BCUT2D eigenvalue weighted by Crippen LogP contribution is 2.32. The Kier molecular flexibility index (Phi) is 6.63. The second kappa shape index (κ2) is 9.82. The molecular formula is C25H25ClN4O3S. The SMILES string of the molecule is CC(c1nnc(SCc2cc(=O)oc3cc(O)ccc23)n1-c1ccc(Cl)cc1)N1CCCCC1. The van der Waals surface area contributed by atoms with Gasteiger partial charge in [0.1, 0.15) is 11.3 Å². The van der Waals surface area contributed by atoms with Crippen LogP contribution in [0.15, 0.2) is 62.9 Å². The van der Waals surface area contributed by atoms with Crippen LogP contribution >= 0.6 is 23.4 Å². The summed E-state index contributed by atoms with van der Waals surface area (Å²) in [6.07, 6.45) is 3.66. The molecule has 9 heteroatoms. The average Bonchev–Trinajstić information content (AvgIpc) is 3.26. The molecule has 1 N–H and O–H groups in total. The van der Waals surface area contributed by atoms with E-state index in [1.54, 1.807) is 12.1 Å². The smallest absolute Gasteiger partial charge is 0.336 e. The van der Waals surface area contributed by atoms with E-state index in [0.717, 1.165) is 40.7 Å². The summed E-state index contributed by atoms with van der Waals surface area (Å²) < 4.78 is 7.35. The number of phenols is 1. The van der Waals surface area contributed by atoms with Gasteiger partial charge in [0.25, 0.3) is 0 Å². The molecule has 0 amide bonds.